The fourth-order valence-corrected chi connectivity index (χ4v) is 2.14. The Kier molecular flexibility index (Phi) is 2.42. The second-order valence-electron chi connectivity index (χ2n) is 3.48. The molecule has 0 heteroatoms. The Labute approximate surface area is 91.0 Å². The highest BCUT2D eigenvalue weighted by molar-refractivity contribution is 6.04. The summed E-state index contributed by atoms with van der Waals surface area (Å²) < 4.78 is 0. The lowest BCUT2D eigenvalue weighted by Gasteiger charge is -2.01. The molecule has 2 rings (SSSR count). The van der Waals surface area contributed by atoms with E-state index >= 15 is 0 Å². The van der Waals surface area contributed by atoms with Crippen molar-refractivity contribution in [2.75, 3.05) is 0 Å². The van der Waals surface area contributed by atoms with Crippen molar-refractivity contribution in [2.24, 2.45) is 0 Å². The second-order valence-corrected chi connectivity index (χ2v) is 3.48. The lowest BCUT2D eigenvalue weighted by molar-refractivity contribution is 1.58. The molecule has 0 unspecified atom stereocenters. The van der Waals surface area contributed by atoms with Gasteiger partial charge in [-0.2, -0.15) is 0 Å². The van der Waals surface area contributed by atoms with Crippen LogP contribution in [0.25, 0.3) is 11.1 Å². The third kappa shape index (κ3) is 1.30. The Hall–Kier alpha value is -1.82. The van der Waals surface area contributed by atoms with Gasteiger partial charge in [0.25, 0.3) is 0 Å². The van der Waals surface area contributed by atoms with Crippen molar-refractivity contribution in [3.05, 3.63) is 72.4 Å². The predicted molar refractivity (Wildman–Crippen MR) is 67.4 cm³/mol. The largest absolute Gasteiger partial charge is 0.0984 e. The van der Waals surface area contributed by atoms with Gasteiger partial charge >= 0.3 is 0 Å². The Morgan fingerprint density at radius 1 is 0.933 bits per heavy atom. The molecule has 0 radical (unpaired) electrons. The van der Waals surface area contributed by atoms with Gasteiger partial charge in [-0.25, -0.2) is 0 Å². The van der Waals surface area contributed by atoms with Gasteiger partial charge in [0.15, 0.2) is 0 Å². The van der Waals surface area contributed by atoms with Crippen LogP contribution in [0.2, 0.25) is 0 Å². The van der Waals surface area contributed by atoms with Gasteiger partial charge in [0.2, 0.25) is 0 Å². The first-order chi connectivity index (χ1) is 7.33. The molecule has 0 bridgehead atoms. The molecule has 0 fully saturated rings. The molecular formula is C15H14. The van der Waals surface area contributed by atoms with Gasteiger partial charge < -0.3 is 0 Å². The molecule has 0 aliphatic heterocycles. The molecule has 0 heterocycles. The van der Waals surface area contributed by atoms with E-state index in [2.05, 4.69) is 50.4 Å². The highest BCUT2D eigenvalue weighted by Crippen LogP contribution is 2.41. The van der Waals surface area contributed by atoms with Crippen molar-refractivity contribution in [3.8, 4) is 0 Å². The van der Waals surface area contributed by atoms with Crippen molar-refractivity contribution in [3.63, 3.8) is 0 Å². The lowest BCUT2D eigenvalue weighted by atomic mass is 10.0. The Morgan fingerprint density at radius 2 is 1.53 bits per heavy atom. The molecule has 0 saturated carbocycles. The number of fused-ring (bicyclic) bond motifs is 1. The van der Waals surface area contributed by atoms with Gasteiger partial charge in [-0.3, -0.25) is 0 Å². The van der Waals surface area contributed by atoms with Crippen molar-refractivity contribution in [2.45, 2.75) is 6.92 Å². The SMILES string of the molecule is C=CC1=C(C=C)c2ccccc2/C1=C/C. The Morgan fingerprint density at radius 3 is 2.07 bits per heavy atom. The molecule has 0 atom stereocenters. The summed E-state index contributed by atoms with van der Waals surface area (Å²) in [4.78, 5) is 0. The van der Waals surface area contributed by atoms with Crippen LogP contribution in [-0.4, -0.2) is 0 Å². The van der Waals surface area contributed by atoms with E-state index in [1.807, 2.05) is 12.2 Å². The quantitative estimate of drug-likeness (QED) is 0.661. The standard InChI is InChI=1S/C15H14/c1-4-11-12(5-2)14-9-7-8-10-15(14)13(11)6-3/h4-10H,1-2H2,3H3/b13-6+. The van der Waals surface area contributed by atoms with E-state index in [1.54, 1.807) is 0 Å². The molecule has 15 heavy (non-hydrogen) atoms. The first-order valence-electron chi connectivity index (χ1n) is 5.09. The van der Waals surface area contributed by atoms with Crippen LogP contribution in [0.1, 0.15) is 18.1 Å². The first kappa shape index (κ1) is 9.72. The molecule has 1 aromatic rings. The van der Waals surface area contributed by atoms with Crippen molar-refractivity contribution in [1.82, 2.24) is 0 Å². The van der Waals surface area contributed by atoms with E-state index in [0.29, 0.717) is 0 Å². The number of benzene rings is 1. The summed E-state index contributed by atoms with van der Waals surface area (Å²) in [6, 6.07) is 8.40. The van der Waals surface area contributed by atoms with Gasteiger partial charge in [0.1, 0.15) is 0 Å². The van der Waals surface area contributed by atoms with Crippen LogP contribution < -0.4 is 0 Å². The minimum atomic E-state index is 1.19. The van der Waals surface area contributed by atoms with Crippen LogP contribution in [0, 0.1) is 0 Å². The fraction of sp³-hybridized carbons (Fsp3) is 0.0667. The monoisotopic (exact) mass is 194 g/mol. The molecular weight excluding hydrogens is 180 g/mol. The minimum Gasteiger partial charge on any atom is -0.0984 e. The maximum absolute atomic E-state index is 3.88. The van der Waals surface area contributed by atoms with E-state index in [4.69, 9.17) is 0 Å². The van der Waals surface area contributed by atoms with Crippen LogP contribution in [0.5, 0.6) is 0 Å². The van der Waals surface area contributed by atoms with E-state index in [0.717, 1.165) is 0 Å². The maximum Gasteiger partial charge on any atom is -0.00993 e. The highest BCUT2D eigenvalue weighted by atomic mass is 14.2. The average molecular weight is 194 g/mol. The summed E-state index contributed by atoms with van der Waals surface area (Å²) in [7, 11) is 0. The van der Waals surface area contributed by atoms with Crippen LogP contribution in [0.3, 0.4) is 0 Å². The second kappa shape index (κ2) is 3.74. The molecule has 0 spiro atoms. The topological polar surface area (TPSA) is 0 Å². The molecule has 0 saturated heterocycles. The van der Waals surface area contributed by atoms with Gasteiger partial charge in [0.05, 0.1) is 0 Å². The lowest BCUT2D eigenvalue weighted by Crippen LogP contribution is -1.81. The Bertz CT molecular complexity index is 485. The summed E-state index contributed by atoms with van der Waals surface area (Å²) in [6.45, 7) is 9.81. The van der Waals surface area contributed by atoms with E-state index in [9.17, 15) is 0 Å². The van der Waals surface area contributed by atoms with Crippen molar-refractivity contribution >= 4 is 11.1 Å². The summed E-state index contributed by atoms with van der Waals surface area (Å²) in [5.74, 6) is 0. The Balaban J connectivity index is 2.78. The van der Waals surface area contributed by atoms with Crippen LogP contribution in [-0.2, 0) is 0 Å². The zero-order valence-electron chi connectivity index (χ0n) is 8.96. The van der Waals surface area contributed by atoms with E-state index < -0.39 is 0 Å². The van der Waals surface area contributed by atoms with E-state index in [-0.39, 0.29) is 0 Å². The predicted octanol–water partition coefficient (Wildman–Crippen LogP) is 4.23. The van der Waals surface area contributed by atoms with Crippen molar-refractivity contribution in [1.29, 1.82) is 0 Å². The zero-order valence-corrected chi connectivity index (χ0v) is 8.96. The molecule has 1 aromatic carbocycles. The fourth-order valence-electron chi connectivity index (χ4n) is 2.14. The normalized spacial score (nSPS) is 16.7. The molecule has 0 amide bonds. The minimum absolute atomic E-state index is 1.19. The van der Waals surface area contributed by atoms with Gasteiger partial charge in [-0.15, -0.1) is 0 Å². The third-order valence-electron chi connectivity index (χ3n) is 2.78. The molecule has 1 aliphatic carbocycles. The summed E-state index contributed by atoms with van der Waals surface area (Å²) >= 11 is 0. The van der Waals surface area contributed by atoms with Crippen LogP contribution in [0.15, 0.2) is 61.2 Å². The molecule has 74 valence electrons. The number of hydrogen-bond donors (Lipinski definition) is 0. The molecule has 0 N–H and O–H groups in total. The highest BCUT2D eigenvalue weighted by Gasteiger charge is 2.21. The zero-order chi connectivity index (χ0) is 10.8. The van der Waals surface area contributed by atoms with E-state index in [1.165, 1.54) is 27.8 Å². The molecule has 0 aromatic heterocycles. The van der Waals surface area contributed by atoms with Crippen molar-refractivity contribution < 1.29 is 0 Å². The third-order valence-corrected chi connectivity index (χ3v) is 2.78. The number of rotatable bonds is 2. The first-order valence-corrected chi connectivity index (χ1v) is 5.09. The number of hydrogen-bond acceptors (Lipinski definition) is 0. The smallest absolute Gasteiger partial charge is 0.00993 e. The van der Waals surface area contributed by atoms with Crippen LogP contribution in [0.4, 0.5) is 0 Å². The number of allylic oxidation sites excluding steroid dienone is 6. The molecule has 1 aliphatic rings. The summed E-state index contributed by atoms with van der Waals surface area (Å²) in [5.41, 5.74) is 6.18. The van der Waals surface area contributed by atoms with Gasteiger partial charge in [0, 0.05) is 0 Å². The van der Waals surface area contributed by atoms with Crippen LogP contribution >= 0.6 is 0 Å². The maximum atomic E-state index is 3.88. The summed E-state index contributed by atoms with van der Waals surface area (Å²) in [5, 5.41) is 0. The van der Waals surface area contributed by atoms with Gasteiger partial charge in [-0.1, -0.05) is 55.7 Å². The average Bonchev–Trinajstić information content (AvgIpc) is 2.61. The summed E-state index contributed by atoms with van der Waals surface area (Å²) in [6.07, 6.45) is 5.95. The van der Waals surface area contributed by atoms with Gasteiger partial charge in [-0.05, 0) is 34.8 Å². The molecule has 0 nitrogen and oxygen atoms in total.